The minimum atomic E-state index is -1.12. The van der Waals surface area contributed by atoms with Crippen molar-refractivity contribution in [2.24, 2.45) is 0 Å². The maximum absolute atomic E-state index is 12.3. The molecule has 0 saturated heterocycles. The summed E-state index contributed by atoms with van der Waals surface area (Å²) in [6.07, 6.45) is 39.8. The van der Waals surface area contributed by atoms with Crippen molar-refractivity contribution in [1.82, 2.24) is 5.32 Å². The molecule has 0 radical (unpaired) electrons. The van der Waals surface area contributed by atoms with Crippen LogP contribution in [-0.2, 0) is 4.79 Å². The fraction of sp³-hybridized carbons (Fsp3) is 0.757. The van der Waals surface area contributed by atoms with Crippen LogP contribution in [0.1, 0.15) is 155 Å². The van der Waals surface area contributed by atoms with Crippen molar-refractivity contribution < 1.29 is 20.1 Å². The SMILES string of the molecule is CCCC/C=C\CCCCCCC(O)C(=O)NC(CO)C(O)/C=C/CC/C=C/CC/C=C/CCCCCCCCCC. The van der Waals surface area contributed by atoms with Crippen molar-refractivity contribution in [3.8, 4) is 0 Å². The summed E-state index contributed by atoms with van der Waals surface area (Å²) in [5, 5.41) is 32.8. The molecule has 244 valence electrons. The summed E-state index contributed by atoms with van der Waals surface area (Å²) in [5.74, 6) is -0.532. The third kappa shape index (κ3) is 27.2. The van der Waals surface area contributed by atoms with E-state index in [1.807, 2.05) is 6.08 Å². The Labute approximate surface area is 259 Å². The van der Waals surface area contributed by atoms with Gasteiger partial charge < -0.3 is 20.6 Å². The molecule has 0 aromatic carbocycles. The van der Waals surface area contributed by atoms with Gasteiger partial charge in [0.1, 0.15) is 6.10 Å². The number of aliphatic hydroxyl groups excluding tert-OH is 3. The predicted molar refractivity (Wildman–Crippen MR) is 181 cm³/mol. The third-order valence-corrected chi connectivity index (χ3v) is 7.62. The van der Waals surface area contributed by atoms with Crippen molar-refractivity contribution >= 4 is 5.91 Å². The van der Waals surface area contributed by atoms with Crippen LogP contribution in [-0.4, -0.2) is 46.1 Å². The maximum Gasteiger partial charge on any atom is 0.249 e. The van der Waals surface area contributed by atoms with Crippen LogP contribution in [0.2, 0.25) is 0 Å². The molecule has 0 saturated carbocycles. The minimum Gasteiger partial charge on any atom is -0.394 e. The van der Waals surface area contributed by atoms with Gasteiger partial charge in [-0.2, -0.15) is 0 Å². The van der Waals surface area contributed by atoms with Crippen molar-refractivity contribution in [2.45, 2.75) is 173 Å². The first-order valence-corrected chi connectivity index (χ1v) is 17.5. The van der Waals surface area contributed by atoms with Gasteiger partial charge in [0.25, 0.3) is 0 Å². The lowest BCUT2D eigenvalue weighted by Crippen LogP contribution is -2.48. The summed E-state index contributed by atoms with van der Waals surface area (Å²) in [6.45, 7) is 4.08. The molecule has 0 spiro atoms. The lowest BCUT2D eigenvalue weighted by molar-refractivity contribution is -0.131. The second-order valence-corrected chi connectivity index (χ2v) is 11.7. The standard InChI is InChI=1S/C37H67NO4/c1-3-5-7-9-11-13-15-16-17-18-19-20-21-22-24-25-27-29-31-35(40)34(33-39)38-37(42)36(41)32-30-28-26-23-14-12-10-8-6-4-2/h10,12,18-19,22,24,29,31,34-36,39-41H,3-9,11,13-17,20-21,23,25-28,30,32-33H2,1-2H3,(H,38,42)/b12-10-,19-18+,24-22+,31-29+. The molecule has 5 nitrogen and oxygen atoms in total. The van der Waals surface area contributed by atoms with E-state index in [1.165, 1.54) is 70.6 Å². The molecule has 0 heterocycles. The normalized spacial score (nSPS) is 14.5. The van der Waals surface area contributed by atoms with Crippen molar-refractivity contribution in [2.75, 3.05) is 6.61 Å². The van der Waals surface area contributed by atoms with E-state index in [0.717, 1.165) is 64.2 Å². The molecular formula is C37H67NO4. The number of amides is 1. The van der Waals surface area contributed by atoms with E-state index >= 15 is 0 Å². The molecule has 0 aliphatic heterocycles. The Kier molecular flexibility index (Phi) is 30.9. The summed E-state index contributed by atoms with van der Waals surface area (Å²) in [6, 6.07) is -0.823. The number of hydrogen-bond donors (Lipinski definition) is 4. The van der Waals surface area contributed by atoms with Crippen LogP contribution in [0.25, 0.3) is 0 Å². The number of allylic oxidation sites excluding steroid dienone is 7. The number of hydrogen-bond acceptors (Lipinski definition) is 4. The topological polar surface area (TPSA) is 89.8 Å². The molecule has 0 bridgehead atoms. The van der Waals surface area contributed by atoms with Crippen molar-refractivity contribution in [3.63, 3.8) is 0 Å². The second kappa shape index (κ2) is 32.2. The first-order chi connectivity index (χ1) is 20.6. The molecule has 0 aliphatic carbocycles. The monoisotopic (exact) mass is 590 g/mol. The van der Waals surface area contributed by atoms with E-state index in [2.05, 4.69) is 55.6 Å². The lowest BCUT2D eigenvalue weighted by atomic mass is 10.1. The van der Waals surface area contributed by atoms with Gasteiger partial charge in [-0.1, -0.05) is 140 Å². The van der Waals surface area contributed by atoms with Gasteiger partial charge >= 0.3 is 0 Å². The fourth-order valence-corrected chi connectivity index (χ4v) is 4.78. The summed E-state index contributed by atoms with van der Waals surface area (Å²) >= 11 is 0. The highest BCUT2D eigenvalue weighted by Gasteiger charge is 2.22. The highest BCUT2D eigenvalue weighted by Crippen LogP contribution is 2.11. The molecule has 0 rings (SSSR count). The first kappa shape index (κ1) is 40.3. The summed E-state index contributed by atoms with van der Waals surface area (Å²) in [7, 11) is 0. The molecule has 0 aromatic heterocycles. The third-order valence-electron chi connectivity index (χ3n) is 7.62. The van der Waals surface area contributed by atoms with Crippen LogP contribution in [0.3, 0.4) is 0 Å². The maximum atomic E-state index is 12.3. The van der Waals surface area contributed by atoms with Crippen LogP contribution >= 0.6 is 0 Å². The van der Waals surface area contributed by atoms with Gasteiger partial charge in [-0.25, -0.2) is 0 Å². The number of rotatable bonds is 30. The molecule has 42 heavy (non-hydrogen) atoms. The number of carbonyl (C=O) groups is 1. The summed E-state index contributed by atoms with van der Waals surface area (Å²) in [5.41, 5.74) is 0. The summed E-state index contributed by atoms with van der Waals surface area (Å²) < 4.78 is 0. The Morgan fingerprint density at radius 2 is 1.00 bits per heavy atom. The lowest BCUT2D eigenvalue weighted by Gasteiger charge is -2.21. The zero-order chi connectivity index (χ0) is 30.9. The molecular weight excluding hydrogens is 522 g/mol. The number of carbonyl (C=O) groups excluding carboxylic acids is 1. The molecule has 0 aliphatic rings. The zero-order valence-electron chi connectivity index (χ0n) is 27.4. The molecule has 0 aromatic rings. The Bertz CT molecular complexity index is 700. The van der Waals surface area contributed by atoms with Crippen LogP contribution in [0.15, 0.2) is 48.6 Å². The van der Waals surface area contributed by atoms with E-state index in [9.17, 15) is 20.1 Å². The van der Waals surface area contributed by atoms with Crippen LogP contribution in [0.5, 0.6) is 0 Å². The Balaban J connectivity index is 3.88. The van der Waals surface area contributed by atoms with Crippen LogP contribution in [0, 0.1) is 0 Å². The number of unbranched alkanes of at least 4 members (excludes halogenated alkanes) is 16. The van der Waals surface area contributed by atoms with Crippen LogP contribution < -0.4 is 5.32 Å². The Hall–Kier alpha value is -1.69. The quantitative estimate of drug-likeness (QED) is 0.0497. The molecule has 4 N–H and O–H groups in total. The first-order valence-electron chi connectivity index (χ1n) is 17.5. The molecule has 3 atom stereocenters. The molecule has 5 heteroatoms. The van der Waals surface area contributed by atoms with Crippen molar-refractivity contribution in [1.29, 1.82) is 0 Å². The minimum absolute atomic E-state index is 0.387. The van der Waals surface area contributed by atoms with Crippen molar-refractivity contribution in [3.05, 3.63) is 48.6 Å². The number of nitrogens with one attached hydrogen (secondary N) is 1. The van der Waals surface area contributed by atoms with Gasteiger partial charge in [-0.15, -0.1) is 0 Å². The average Bonchev–Trinajstić information content (AvgIpc) is 2.99. The second-order valence-electron chi connectivity index (χ2n) is 11.7. The van der Waals surface area contributed by atoms with E-state index in [1.54, 1.807) is 6.08 Å². The molecule has 1 amide bonds. The highest BCUT2D eigenvalue weighted by molar-refractivity contribution is 5.80. The van der Waals surface area contributed by atoms with E-state index < -0.39 is 24.2 Å². The summed E-state index contributed by atoms with van der Waals surface area (Å²) in [4.78, 5) is 12.3. The van der Waals surface area contributed by atoms with Gasteiger partial charge in [0, 0.05) is 0 Å². The van der Waals surface area contributed by atoms with Gasteiger partial charge in [0.15, 0.2) is 0 Å². The van der Waals surface area contributed by atoms with Gasteiger partial charge in [-0.3, -0.25) is 4.79 Å². The molecule has 3 unspecified atom stereocenters. The van der Waals surface area contributed by atoms with E-state index in [0.29, 0.717) is 6.42 Å². The highest BCUT2D eigenvalue weighted by atomic mass is 16.3. The fourth-order valence-electron chi connectivity index (χ4n) is 4.78. The zero-order valence-corrected chi connectivity index (χ0v) is 27.4. The van der Waals surface area contributed by atoms with E-state index in [-0.39, 0.29) is 6.61 Å². The Morgan fingerprint density at radius 1 is 0.571 bits per heavy atom. The molecule has 0 fully saturated rings. The largest absolute Gasteiger partial charge is 0.394 e. The van der Waals surface area contributed by atoms with Gasteiger partial charge in [-0.05, 0) is 64.2 Å². The van der Waals surface area contributed by atoms with E-state index in [4.69, 9.17) is 0 Å². The van der Waals surface area contributed by atoms with Gasteiger partial charge in [0.05, 0.1) is 18.8 Å². The Morgan fingerprint density at radius 3 is 1.52 bits per heavy atom. The van der Waals surface area contributed by atoms with Gasteiger partial charge in [0.2, 0.25) is 5.91 Å². The average molecular weight is 590 g/mol. The number of aliphatic hydroxyl groups is 3. The predicted octanol–water partition coefficient (Wildman–Crippen LogP) is 9.03. The smallest absolute Gasteiger partial charge is 0.249 e. The van der Waals surface area contributed by atoms with Crippen LogP contribution in [0.4, 0.5) is 0 Å².